The number of hydrogen-bond acceptors (Lipinski definition) is 4. The van der Waals surface area contributed by atoms with Crippen molar-refractivity contribution in [3.05, 3.63) is 48.0 Å². The van der Waals surface area contributed by atoms with Crippen LogP contribution >= 0.6 is 0 Å². The van der Waals surface area contributed by atoms with E-state index in [1.807, 2.05) is 0 Å². The highest BCUT2D eigenvalue weighted by Crippen LogP contribution is 2.56. The van der Waals surface area contributed by atoms with Gasteiger partial charge >= 0.3 is 5.97 Å². The van der Waals surface area contributed by atoms with Crippen molar-refractivity contribution >= 4 is 5.97 Å². The SMILES string of the molecule is COC(=O)CCC/C=C\C[C@H]1[C@H](CN2CCCCC2)[C@@H]2C[C@@]1(c1ccccc1)CO2. The van der Waals surface area contributed by atoms with E-state index in [1.54, 1.807) is 0 Å². The maximum atomic E-state index is 11.3. The molecule has 1 aromatic rings. The van der Waals surface area contributed by atoms with Crippen LogP contribution in [-0.2, 0) is 19.7 Å². The minimum absolute atomic E-state index is 0.113. The molecule has 2 saturated heterocycles. The molecule has 2 bridgehead atoms. The van der Waals surface area contributed by atoms with Crippen LogP contribution in [0.15, 0.2) is 42.5 Å². The van der Waals surface area contributed by atoms with Crippen molar-refractivity contribution in [2.75, 3.05) is 33.4 Å². The van der Waals surface area contributed by atoms with Gasteiger partial charge in [0.1, 0.15) is 0 Å². The fourth-order valence-corrected chi connectivity index (χ4v) is 6.03. The number of hydrogen-bond donors (Lipinski definition) is 0. The van der Waals surface area contributed by atoms with Crippen molar-refractivity contribution in [2.24, 2.45) is 11.8 Å². The zero-order chi connectivity index (χ0) is 20.8. The molecule has 1 saturated carbocycles. The summed E-state index contributed by atoms with van der Waals surface area (Å²) in [5.74, 6) is 1.12. The molecule has 0 amide bonds. The fraction of sp³-hybridized carbons (Fsp3) is 0.654. The average molecular weight is 412 g/mol. The summed E-state index contributed by atoms with van der Waals surface area (Å²) >= 11 is 0. The van der Waals surface area contributed by atoms with Crippen LogP contribution in [0, 0.1) is 11.8 Å². The van der Waals surface area contributed by atoms with Gasteiger partial charge < -0.3 is 14.4 Å². The molecule has 4 heteroatoms. The number of piperidine rings is 1. The van der Waals surface area contributed by atoms with Gasteiger partial charge in [-0.05, 0) is 63.1 Å². The number of esters is 1. The highest BCUT2D eigenvalue weighted by atomic mass is 16.5. The number of unbranched alkanes of at least 4 members (excludes halogenated alkanes) is 1. The first-order valence-electron chi connectivity index (χ1n) is 11.8. The van der Waals surface area contributed by atoms with Crippen LogP contribution in [0.25, 0.3) is 0 Å². The molecule has 2 heterocycles. The fourth-order valence-electron chi connectivity index (χ4n) is 6.03. The van der Waals surface area contributed by atoms with E-state index in [0.29, 0.717) is 24.4 Å². The predicted molar refractivity (Wildman–Crippen MR) is 119 cm³/mol. The maximum absolute atomic E-state index is 11.3. The van der Waals surface area contributed by atoms with Gasteiger partial charge in [-0.15, -0.1) is 0 Å². The highest BCUT2D eigenvalue weighted by molar-refractivity contribution is 5.69. The molecule has 0 N–H and O–H groups in total. The van der Waals surface area contributed by atoms with Gasteiger partial charge in [-0.25, -0.2) is 0 Å². The summed E-state index contributed by atoms with van der Waals surface area (Å²) in [7, 11) is 1.46. The zero-order valence-corrected chi connectivity index (χ0v) is 18.4. The number of carbonyl (C=O) groups is 1. The lowest BCUT2D eigenvalue weighted by Crippen LogP contribution is -2.45. The van der Waals surface area contributed by atoms with Gasteiger partial charge in [0.25, 0.3) is 0 Å². The van der Waals surface area contributed by atoms with E-state index in [4.69, 9.17) is 9.47 Å². The van der Waals surface area contributed by atoms with Crippen LogP contribution in [0.5, 0.6) is 0 Å². The molecule has 0 spiro atoms. The summed E-state index contributed by atoms with van der Waals surface area (Å²) < 4.78 is 11.1. The Labute approximate surface area is 181 Å². The second-order valence-corrected chi connectivity index (χ2v) is 9.38. The Hall–Kier alpha value is -1.65. The third-order valence-electron chi connectivity index (χ3n) is 7.63. The minimum atomic E-state index is -0.113. The zero-order valence-electron chi connectivity index (χ0n) is 18.4. The first-order chi connectivity index (χ1) is 14.7. The standard InChI is InChI=1S/C26H37NO3/c1-29-25(28)15-9-3-2-8-14-23-22(19-27-16-10-5-11-17-27)24-18-26(23,20-30-24)21-12-6-4-7-13-21/h2,4,6-8,12-13,22-24H,3,5,9-11,14-20H2,1H3/b8-2-/t22-,23-,24-,26-/m0/s1. The third kappa shape index (κ3) is 4.65. The number of rotatable bonds is 9. The lowest BCUT2D eigenvalue weighted by atomic mass is 9.69. The van der Waals surface area contributed by atoms with Crippen molar-refractivity contribution in [1.29, 1.82) is 0 Å². The minimum Gasteiger partial charge on any atom is -0.469 e. The van der Waals surface area contributed by atoms with E-state index in [0.717, 1.165) is 32.3 Å². The van der Waals surface area contributed by atoms with Gasteiger partial charge in [-0.2, -0.15) is 0 Å². The third-order valence-corrected chi connectivity index (χ3v) is 7.63. The summed E-state index contributed by atoms with van der Waals surface area (Å²) in [6.45, 7) is 4.54. The van der Waals surface area contributed by atoms with Gasteiger partial charge in [0.05, 0.1) is 19.8 Å². The van der Waals surface area contributed by atoms with E-state index >= 15 is 0 Å². The summed E-state index contributed by atoms with van der Waals surface area (Å²) in [4.78, 5) is 14.0. The largest absolute Gasteiger partial charge is 0.469 e. The monoisotopic (exact) mass is 411 g/mol. The van der Waals surface area contributed by atoms with E-state index in [-0.39, 0.29) is 11.4 Å². The number of carbonyl (C=O) groups excluding carboxylic acids is 1. The summed E-state index contributed by atoms with van der Waals surface area (Å²) in [5, 5.41) is 0. The molecule has 1 aliphatic carbocycles. The van der Waals surface area contributed by atoms with E-state index < -0.39 is 0 Å². The van der Waals surface area contributed by atoms with Gasteiger partial charge in [0, 0.05) is 24.3 Å². The number of likely N-dealkylation sites (tertiary alicyclic amines) is 1. The molecule has 4 atom stereocenters. The first-order valence-corrected chi connectivity index (χ1v) is 11.8. The molecule has 2 aliphatic heterocycles. The van der Waals surface area contributed by atoms with Crippen molar-refractivity contribution in [2.45, 2.75) is 62.9 Å². The Morgan fingerprint density at radius 3 is 2.77 bits per heavy atom. The molecule has 0 aromatic heterocycles. The summed E-state index contributed by atoms with van der Waals surface area (Å²) in [5.41, 5.74) is 1.61. The molecule has 164 valence electrons. The van der Waals surface area contributed by atoms with Gasteiger partial charge in [-0.3, -0.25) is 4.79 Å². The highest BCUT2D eigenvalue weighted by Gasteiger charge is 2.59. The summed E-state index contributed by atoms with van der Waals surface area (Å²) in [6.07, 6.45) is 13.7. The van der Waals surface area contributed by atoms with Crippen molar-refractivity contribution in [1.82, 2.24) is 4.90 Å². The van der Waals surface area contributed by atoms with Crippen molar-refractivity contribution in [3.8, 4) is 0 Å². The Bertz CT molecular complexity index is 712. The molecule has 0 radical (unpaired) electrons. The molecule has 3 aliphatic rings. The number of benzene rings is 1. The normalized spacial score (nSPS) is 31.4. The topological polar surface area (TPSA) is 38.8 Å². The van der Waals surface area contributed by atoms with E-state index in [2.05, 4.69) is 47.4 Å². The quantitative estimate of drug-likeness (QED) is 0.334. The van der Waals surface area contributed by atoms with Crippen LogP contribution in [0.1, 0.15) is 56.9 Å². The first kappa shape index (κ1) is 21.6. The molecular formula is C26H37NO3. The van der Waals surface area contributed by atoms with Crippen LogP contribution in [0.4, 0.5) is 0 Å². The molecule has 4 nitrogen and oxygen atoms in total. The molecule has 3 fully saturated rings. The maximum Gasteiger partial charge on any atom is 0.305 e. The Balaban J connectivity index is 1.45. The second kappa shape index (κ2) is 10.1. The lowest BCUT2D eigenvalue weighted by molar-refractivity contribution is -0.140. The van der Waals surface area contributed by atoms with Crippen molar-refractivity contribution in [3.63, 3.8) is 0 Å². The molecule has 30 heavy (non-hydrogen) atoms. The van der Waals surface area contributed by atoms with Crippen LogP contribution in [-0.4, -0.2) is 50.3 Å². The Morgan fingerprint density at radius 2 is 2.00 bits per heavy atom. The van der Waals surface area contributed by atoms with Gasteiger partial charge in [0.15, 0.2) is 0 Å². The van der Waals surface area contributed by atoms with Crippen LogP contribution in [0.3, 0.4) is 0 Å². The van der Waals surface area contributed by atoms with Gasteiger partial charge in [-0.1, -0.05) is 48.9 Å². The molecular weight excluding hydrogens is 374 g/mol. The number of ether oxygens (including phenoxy) is 2. The van der Waals surface area contributed by atoms with Crippen molar-refractivity contribution < 1.29 is 14.3 Å². The van der Waals surface area contributed by atoms with Gasteiger partial charge in [0.2, 0.25) is 0 Å². The number of fused-ring (bicyclic) bond motifs is 2. The van der Waals surface area contributed by atoms with Crippen LogP contribution < -0.4 is 0 Å². The summed E-state index contributed by atoms with van der Waals surface area (Å²) in [6, 6.07) is 11.1. The van der Waals surface area contributed by atoms with E-state index in [9.17, 15) is 4.79 Å². The smallest absolute Gasteiger partial charge is 0.305 e. The molecule has 4 rings (SSSR count). The number of nitrogens with zero attached hydrogens (tertiary/aromatic N) is 1. The predicted octanol–water partition coefficient (Wildman–Crippen LogP) is 4.73. The number of methoxy groups -OCH3 is 1. The Morgan fingerprint density at radius 1 is 1.20 bits per heavy atom. The average Bonchev–Trinajstić information content (AvgIpc) is 3.36. The van der Waals surface area contributed by atoms with E-state index in [1.165, 1.54) is 51.6 Å². The Kier molecular flexibility index (Phi) is 7.27. The molecule has 0 unspecified atom stereocenters. The second-order valence-electron chi connectivity index (χ2n) is 9.38. The lowest BCUT2D eigenvalue weighted by Gasteiger charge is -2.41. The molecule has 1 aromatic carbocycles. The number of allylic oxidation sites excluding steroid dienone is 2. The van der Waals surface area contributed by atoms with Crippen LogP contribution in [0.2, 0.25) is 0 Å².